The highest BCUT2D eigenvalue weighted by atomic mass is 19.1. The highest BCUT2D eigenvalue weighted by Crippen LogP contribution is 2.27. The third kappa shape index (κ3) is 4.08. The van der Waals surface area contributed by atoms with Crippen molar-refractivity contribution in [1.82, 2.24) is 0 Å². The van der Waals surface area contributed by atoms with Crippen molar-refractivity contribution in [2.24, 2.45) is 17.6 Å². The molecule has 1 aliphatic rings. The van der Waals surface area contributed by atoms with Gasteiger partial charge in [-0.15, -0.1) is 0 Å². The zero-order chi connectivity index (χ0) is 9.52. The summed E-state index contributed by atoms with van der Waals surface area (Å²) in [5.74, 6) is 0.884. The Labute approximate surface area is 80.9 Å². The molecule has 0 heterocycles. The first-order chi connectivity index (χ1) is 6.36. The molecule has 1 saturated carbocycles. The molecule has 0 amide bonds. The van der Waals surface area contributed by atoms with Crippen molar-refractivity contribution in [2.45, 2.75) is 44.9 Å². The number of rotatable bonds is 4. The van der Waals surface area contributed by atoms with Crippen LogP contribution >= 0.6 is 0 Å². The molecule has 0 bridgehead atoms. The second-order valence-electron chi connectivity index (χ2n) is 4.35. The lowest BCUT2D eigenvalue weighted by molar-refractivity contribution is 0.285. The van der Waals surface area contributed by atoms with Crippen LogP contribution in [-0.4, -0.2) is 13.2 Å². The van der Waals surface area contributed by atoms with Crippen molar-refractivity contribution in [3.63, 3.8) is 0 Å². The Kier molecular flexibility index (Phi) is 5.37. The van der Waals surface area contributed by atoms with Crippen molar-refractivity contribution < 1.29 is 4.39 Å². The first-order valence-electron chi connectivity index (χ1n) is 5.62. The average molecular weight is 187 g/mol. The van der Waals surface area contributed by atoms with E-state index in [2.05, 4.69) is 0 Å². The Morgan fingerprint density at radius 3 is 2.23 bits per heavy atom. The minimum absolute atomic E-state index is 0.128. The molecule has 0 aliphatic heterocycles. The Morgan fingerprint density at radius 2 is 1.77 bits per heavy atom. The molecule has 1 fully saturated rings. The van der Waals surface area contributed by atoms with Gasteiger partial charge in [-0.25, -0.2) is 0 Å². The highest BCUT2D eigenvalue weighted by molar-refractivity contribution is 4.69. The van der Waals surface area contributed by atoms with Crippen molar-refractivity contribution in [1.29, 1.82) is 0 Å². The number of alkyl halides is 1. The van der Waals surface area contributed by atoms with Gasteiger partial charge in [-0.3, -0.25) is 4.39 Å². The normalized spacial score (nSPS) is 22.6. The van der Waals surface area contributed by atoms with Gasteiger partial charge in [0, 0.05) is 0 Å². The largest absolute Gasteiger partial charge is 0.330 e. The SMILES string of the molecule is NCC(CF)CC1CCCCCC1. The number of hydrogen-bond acceptors (Lipinski definition) is 1. The fourth-order valence-corrected chi connectivity index (χ4v) is 2.29. The molecule has 1 nitrogen and oxygen atoms in total. The summed E-state index contributed by atoms with van der Waals surface area (Å²) >= 11 is 0. The molecule has 2 heteroatoms. The fourth-order valence-electron chi connectivity index (χ4n) is 2.29. The monoisotopic (exact) mass is 187 g/mol. The van der Waals surface area contributed by atoms with E-state index < -0.39 is 0 Å². The molecule has 0 spiro atoms. The number of hydrogen-bond donors (Lipinski definition) is 1. The Morgan fingerprint density at radius 1 is 1.15 bits per heavy atom. The minimum atomic E-state index is -0.229. The van der Waals surface area contributed by atoms with Crippen LogP contribution in [0.3, 0.4) is 0 Å². The average Bonchev–Trinajstić information content (AvgIpc) is 2.42. The second kappa shape index (κ2) is 6.36. The van der Waals surface area contributed by atoms with E-state index in [9.17, 15) is 4.39 Å². The molecule has 78 valence electrons. The number of halogens is 1. The van der Waals surface area contributed by atoms with E-state index in [1.165, 1.54) is 38.5 Å². The maximum atomic E-state index is 12.4. The van der Waals surface area contributed by atoms with Gasteiger partial charge in [-0.1, -0.05) is 38.5 Å². The minimum Gasteiger partial charge on any atom is -0.330 e. The molecule has 2 N–H and O–H groups in total. The van der Waals surface area contributed by atoms with Crippen LogP contribution in [-0.2, 0) is 0 Å². The lowest BCUT2D eigenvalue weighted by Crippen LogP contribution is -2.19. The number of nitrogens with two attached hydrogens (primary N) is 1. The van der Waals surface area contributed by atoms with E-state index in [-0.39, 0.29) is 12.6 Å². The van der Waals surface area contributed by atoms with E-state index in [0.717, 1.165) is 12.3 Å². The predicted molar refractivity (Wildman–Crippen MR) is 54.3 cm³/mol. The van der Waals surface area contributed by atoms with Gasteiger partial charge < -0.3 is 5.73 Å². The summed E-state index contributed by atoms with van der Waals surface area (Å²) in [6, 6.07) is 0. The van der Waals surface area contributed by atoms with E-state index in [0.29, 0.717) is 6.54 Å². The summed E-state index contributed by atoms with van der Waals surface area (Å²) in [4.78, 5) is 0. The smallest absolute Gasteiger partial charge is 0.0934 e. The van der Waals surface area contributed by atoms with Gasteiger partial charge in [-0.2, -0.15) is 0 Å². The first-order valence-corrected chi connectivity index (χ1v) is 5.62. The maximum Gasteiger partial charge on any atom is 0.0934 e. The van der Waals surface area contributed by atoms with Crippen molar-refractivity contribution in [3.05, 3.63) is 0 Å². The fraction of sp³-hybridized carbons (Fsp3) is 1.00. The van der Waals surface area contributed by atoms with Gasteiger partial charge in [0.1, 0.15) is 0 Å². The van der Waals surface area contributed by atoms with Crippen LogP contribution in [0, 0.1) is 11.8 Å². The summed E-state index contributed by atoms with van der Waals surface area (Å²) in [7, 11) is 0. The van der Waals surface area contributed by atoms with Gasteiger partial charge in [-0.05, 0) is 24.8 Å². The molecule has 1 unspecified atom stereocenters. The van der Waals surface area contributed by atoms with E-state index in [1.807, 2.05) is 0 Å². The van der Waals surface area contributed by atoms with Crippen LogP contribution in [0.25, 0.3) is 0 Å². The third-order valence-electron chi connectivity index (χ3n) is 3.19. The quantitative estimate of drug-likeness (QED) is 0.673. The van der Waals surface area contributed by atoms with Crippen LogP contribution in [0.4, 0.5) is 4.39 Å². The molecular weight excluding hydrogens is 165 g/mol. The zero-order valence-electron chi connectivity index (χ0n) is 8.47. The van der Waals surface area contributed by atoms with Crippen molar-refractivity contribution in [2.75, 3.05) is 13.2 Å². The van der Waals surface area contributed by atoms with Crippen LogP contribution in [0.5, 0.6) is 0 Å². The van der Waals surface area contributed by atoms with Gasteiger partial charge in [0.2, 0.25) is 0 Å². The molecule has 13 heavy (non-hydrogen) atoms. The molecule has 1 aliphatic carbocycles. The molecular formula is C11H22FN. The maximum absolute atomic E-state index is 12.4. The van der Waals surface area contributed by atoms with E-state index >= 15 is 0 Å². The summed E-state index contributed by atoms with van der Waals surface area (Å²) in [5, 5.41) is 0. The third-order valence-corrected chi connectivity index (χ3v) is 3.19. The van der Waals surface area contributed by atoms with Crippen molar-refractivity contribution in [3.8, 4) is 0 Å². The van der Waals surface area contributed by atoms with Crippen LogP contribution < -0.4 is 5.73 Å². The molecule has 0 radical (unpaired) electrons. The topological polar surface area (TPSA) is 26.0 Å². The summed E-state index contributed by atoms with van der Waals surface area (Å²) in [5.41, 5.74) is 5.50. The Bertz CT molecular complexity index is 115. The van der Waals surface area contributed by atoms with E-state index in [1.54, 1.807) is 0 Å². The van der Waals surface area contributed by atoms with Crippen LogP contribution in [0.15, 0.2) is 0 Å². The van der Waals surface area contributed by atoms with Gasteiger partial charge in [0.25, 0.3) is 0 Å². The molecule has 0 saturated heterocycles. The second-order valence-corrected chi connectivity index (χ2v) is 4.35. The van der Waals surface area contributed by atoms with Gasteiger partial charge in [0.05, 0.1) is 6.67 Å². The molecule has 0 aromatic heterocycles. The van der Waals surface area contributed by atoms with E-state index in [4.69, 9.17) is 5.73 Å². The Hall–Kier alpha value is -0.110. The van der Waals surface area contributed by atoms with Gasteiger partial charge >= 0.3 is 0 Å². The van der Waals surface area contributed by atoms with Crippen LogP contribution in [0.1, 0.15) is 44.9 Å². The molecule has 1 rings (SSSR count). The Balaban J connectivity index is 2.24. The van der Waals surface area contributed by atoms with Crippen LogP contribution in [0.2, 0.25) is 0 Å². The highest BCUT2D eigenvalue weighted by Gasteiger charge is 2.16. The van der Waals surface area contributed by atoms with Crippen molar-refractivity contribution >= 4 is 0 Å². The molecule has 1 atom stereocenters. The summed E-state index contributed by atoms with van der Waals surface area (Å²) in [6.45, 7) is 0.292. The zero-order valence-corrected chi connectivity index (χ0v) is 8.47. The molecule has 0 aromatic rings. The summed E-state index contributed by atoms with van der Waals surface area (Å²) < 4.78 is 12.4. The first kappa shape index (κ1) is 11.0. The standard InChI is InChI=1S/C11H22FN/c12-8-11(9-13)7-10-5-3-1-2-4-6-10/h10-11H,1-9,13H2. The predicted octanol–water partition coefficient (Wildman–Crippen LogP) is 2.89. The van der Waals surface area contributed by atoms with Gasteiger partial charge in [0.15, 0.2) is 0 Å². The lowest BCUT2D eigenvalue weighted by Gasteiger charge is -2.18. The summed E-state index contributed by atoms with van der Waals surface area (Å²) in [6.07, 6.45) is 9.06. The lowest BCUT2D eigenvalue weighted by atomic mass is 9.89. The molecule has 0 aromatic carbocycles.